The smallest absolute Gasteiger partial charge is 0.186 e. The van der Waals surface area contributed by atoms with Crippen molar-refractivity contribution >= 4 is 11.9 Å². The zero-order valence-electron chi connectivity index (χ0n) is 33.1. The molecule has 2 aromatic rings. The van der Waals surface area contributed by atoms with Crippen LogP contribution in [-0.2, 0) is 6.42 Å². The topological polar surface area (TPSA) is 35.5 Å². The Morgan fingerprint density at radius 1 is 0.560 bits per heavy atom. The number of ketones is 1. The van der Waals surface area contributed by atoms with Crippen LogP contribution in [0, 0.1) is 5.92 Å². The number of allylic oxidation sites excluding steroid dienone is 1. The van der Waals surface area contributed by atoms with E-state index in [0.29, 0.717) is 18.8 Å². The van der Waals surface area contributed by atoms with Crippen LogP contribution in [0.5, 0.6) is 11.5 Å². The molecule has 0 saturated heterocycles. The number of carbonyl (C=O) groups is 1. The minimum absolute atomic E-state index is 0.0225. The van der Waals surface area contributed by atoms with Crippen molar-refractivity contribution in [2.45, 2.75) is 188 Å². The molecule has 0 bridgehead atoms. The fraction of sp³-hybridized carbons (Fsp3) is 0.681. The van der Waals surface area contributed by atoms with Crippen molar-refractivity contribution in [3.05, 3.63) is 65.2 Å². The highest BCUT2D eigenvalue weighted by molar-refractivity contribution is 6.07. The van der Waals surface area contributed by atoms with Gasteiger partial charge in [0.05, 0.1) is 13.2 Å². The van der Waals surface area contributed by atoms with Gasteiger partial charge in [-0.25, -0.2) is 0 Å². The van der Waals surface area contributed by atoms with Crippen LogP contribution >= 0.6 is 0 Å². The third-order valence-electron chi connectivity index (χ3n) is 9.85. The van der Waals surface area contributed by atoms with Crippen molar-refractivity contribution in [3.63, 3.8) is 0 Å². The summed E-state index contributed by atoms with van der Waals surface area (Å²) in [7, 11) is 0. The van der Waals surface area contributed by atoms with Gasteiger partial charge in [0.25, 0.3) is 0 Å². The van der Waals surface area contributed by atoms with Crippen LogP contribution < -0.4 is 9.47 Å². The summed E-state index contributed by atoms with van der Waals surface area (Å²) in [6, 6.07) is 14.3. The van der Waals surface area contributed by atoms with Crippen LogP contribution in [-0.4, -0.2) is 19.0 Å². The Balaban J connectivity index is 1.84. The lowest BCUT2D eigenvalue weighted by atomic mass is 10.0. The minimum Gasteiger partial charge on any atom is -0.493 e. The van der Waals surface area contributed by atoms with Gasteiger partial charge >= 0.3 is 0 Å². The summed E-state index contributed by atoms with van der Waals surface area (Å²) in [5, 5.41) is 0. The summed E-state index contributed by atoms with van der Waals surface area (Å²) in [6.07, 6.45) is 36.1. The zero-order valence-corrected chi connectivity index (χ0v) is 33.1. The van der Waals surface area contributed by atoms with Crippen molar-refractivity contribution in [3.8, 4) is 11.5 Å². The fourth-order valence-electron chi connectivity index (χ4n) is 6.57. The molecule has 0 amide bonds. The number of ether oxygens (including phenoxy) is 2. The number of aryl methyl sites for hydroxylation is 1. The minimum atomic E-state index is -0.0225. The monoisotopic (exact) mass is 689 g/mol. The predicted molar refractivity (Wildman–Crippen MR) is 218 cm³/mol. The van der Waals surface area contributed by atoms with Crippen molar-refractivity contribution < 1.29 is 14.3 Å². The first-order valence-corrected chi connectivity index (χ1v) is 21.2. The van der Waals surface area contributed by atoms with E-state index in [4.69, 9.17) is 9.47 Å². The summed E-state index contributed by atoms with van der Waals surface area (Å²) in [6.45, 7) is 10.5. The SMILES string of the molecule is CCCCCCCCCCCCCOc1cc(OCCCCCCCCCCCCC)cc(C(=O)C=Cc2ccc(CCCC(C)C)cc2)c1. The van der Waals surface area contributed by atoms with Gasteiger partial charge in [-0.2, -0.15) is 0 Å². The number of unbranched alkanes of at least 4 members (excludes halogenated alkanes) is 20. The van der Waals surface area contributed by atoms with Crippen LogP contribution in [0.15, 0.2) is 48.5 Å². The molecule has 0 N–H and O–H groups in total. The molecule has 0 radical (unpaired) electrons. The lowest BCUT2D eigenvalue weighted by Crippen LogP contribution is -2.03. The molecule has 0 fully saturated rings. The van der Waals surface area contributed by atoms with E-state index in [1.165, 1.54) is 147 Å². The molecule has 0 unspecified atom stereocenters. The third kappa shape index (κ3) is 23.0. The maximum absolute atomic E-state index is 13.3. The summed E-state index contributed by atoms with van der Waals surface area (Å²) < 4.78 is 12.4. The summed E-state index contributed by atoms with van der Waals surface area (Å²) >= 11 is 0. The first kappa shape index (κ1) is 43.6. The van der Waals surface area contributed by atoms with Gasteiger partial charge < -0.3 is 9.47 Å². The Bertz CT molecular complexity index is 1070. The molecule has 0 saturated carbocycles. The standard InChI is InChI=1S/C47H76O3/c1-5-7-9-11-13-15-17-19-21-23-25-36-49-45-38-44(47(48)35-34-43-32-30-42(31-33-43)29-27-28-41(3)4)39-46(40-45)50-37-26-24-22-20-18-16-14-12-10-8-6-2/h30-35,38-41H,5-29,36-37H2,1-4H3. The Morgan fingerprint density at radius 2 is 0.980 bits per heavy atom. The highest BCUT2D eigenvalue weighted by atomic mass is 16.5. The highest BCUT2D eigenvalue weighted by Crippen LogP contribution is 2.25. The van der Waals surface area contributed by atoms with Gasteiger partial charge in [-0.15, -0.1) is 0 Å². The molecular formula is C47H76O3. The molecule has 50 heavy (non-hydrogen) atoms. The molecule has 0 aliphatic carbocycles. The second kappa shape index (κ2) is 30.1. The average Bonchev–Trinajstić information content (AvgIpc) is 3.12. The van der Waals surface area contributed by atoms with E-state index in [2.05, 4.69) is 52.0 Å². The zero-order chi connectivity index (χ0) is 35.9. The van der Waals surface area contributed by atoms with E-state index in [1.807, 2.05) is 24.3 Å². The lowest BCUT2D eigenvalue weighted by Gasteiger charge is -2.12. The van der Waals surface area contributed by atoms with Crippen LogP contribution in [0.25, 0.3) is 6.08 Å². The predicted octanol–water partition coefficient (Wildman–Crippen LogP) is 14.9. The van der Waals surface area contributed by atoms with Gasteiger partial charge in [-0.3, -0.25) is 4.79 Å². The van der Waals surface area contributed by atoms with Gasteiger partial charge in [-0.1, -0.05) is 193 Å². The lowest BCUT2D eigenvalue weighted by molar-refractivity contribution is 0.104. The second-order valence-electron chi connectivity index (χ2n) is 15.2. The molecule has 0 atom stereocenters. The Hall–Kier alpha value is -2.55. The Labute approximate surface area is 309 Å². The highest BCUT2D eigenvalue weighted by Gasteiger charge is 2.09. The normalized spacial score (nSPS) is 11.5. The van der Waals surface area contributed by atoms with Gasteiger partial charge in [0, 0.05) is 11.6 Å². The number of carbonyl (C=O) groups excluding carboxylic acids is 1. The third-order valence-corrected chi connectivity index (χ3v) is 9.85. The van der Waals surface area contributed by atoms with E-state index in [-0.39, 0.29) is 5.78 Å². The second-order valence-corrected chi connectivity index (χ2v) is 15.2. The van der Waals surface area contributed by atoms with Gasteiger partial charge in [-0.05, 0) is 60.9 Å². The summed E-state index contributed by atoms with van der Waals surface area (Å²) in [5.41, 5.74) is 3.02. The maximum atomic E-state index is 13.3. The Kier molecular flexibility index (Phi) is 26.3. The molecule has 3 nitrogen and oxygen atoms in total. The molecule has 0 aromatic heterocycles. The van der Waals surface area contributed by atoms with Crippen molar-refractivity contribution in [2.24, 2.45) is 5.92 Å². The molecule has 2 aromatic carbocycles. The van der Waals surface area contributed by atoms with E-state index in [9.17, 15) is 4.79 Å². The fourth-order valence-corrected chi connectivity index (χ4v) is 6.57. The molecule has 3 heteroatoms. The van der Waals surface area contributed by atoms with E-state index in [1.54, 1.807) is 6.08 Å². The molecule has 2 rings (SSSR count). The largest absolute Gasteiger partial charge is 0.493 e. The molecule has 0 aliphatic heterocycles. The van der Waals surface area contributed by atoms with Gasteiger partial charge in [0.2, 0.25) is 0 Å². The van der Waals surface area contributed by atoms with Gasteiger partial charge in [0.1, 0.15) is 11.5 Å². The summed E-state index contributed by atoms with van der Waals surface area (Å²) in [4.78, 5) is 13.3. The van der Waals surface area contributed by atoms with Gasteiger partial charge in [0.15, 0.2) is 5.78 Å². The maximum Gasteiger partial charge on any atom is 0.186 e. The number of hydrogen-bond acceptors (Lipinski definition) is 3. The van der Waals surface area contributed by atoms with Crippen LogP contribution in [0.3, 0.4) is 0 Å². The molecule has 0 heterocycles. The van der Waals surface area contributed by atoms with E-state index < -0.39 is 0 Å². The molecule has 282 valence electrons. The van der Waals surface area contributed by atoms with Crippen LogP contribution in [0.1, 0.15) is 203 Å². The molecular weight excluding hydrogens is 613 g/mol. The van der Waals surface area contributed by atoms with Crippen molar-refractivity contribution in [1.82, 2.24) is 0 Å². The first-order valence-electron chi connectivity index (χ1n) is 21.2. The van der Waals surface area contributed by atoms with Crippen molar-refractivity contribution in [2.75, 3.05) is 13.2 Å². The number of benzene rings is 2. The van der Waals surface area contributed by atoms with Crippen LogP contribution in [0.2, 0.25) is 0 Å². The van der Waals surface area contributed by atoms with Crippen molar-refractivity contribution in [1.29, 1.82) is 0 Å². The average molecular weight is 689 g/mol. The Morgan fingerprint density at radius 3 is 1.40 bits per heavy atom. The number of hydrogen-bond donors (Lipinski definition) is 0. The van der Waals surface area contributed by atoms with E-state index in [0.717, 1.165) is 42.2 Å². The molecule has 0 spiro atoms. The van der Waals surface area contributed by atoms with Crippen LogP contribution in [0.4, 0.5) is 0 Å². The van der Waals surface area contributed by atoms with E-state index >= 15 is 0 Å². The molecule has 0 aliphatic rings. The number of rotatable bonds is 33. The summed E-state index contributed by atoms with van der Waals surface area (Å²) in [5.74, 6) is 2.19. The first-order chi connectivity index (χ1) is 24.5. The quantitative estimate of drug-likeness (QED) is 0.0425.